The van der Waals surface area contributed by atoms with Crippen molar-refractivity contribution in [1.82, 2.24) is 19.2 Å². The number of nitrogens with zero attached hydrogens (tertiary/aromatic N) is 4. The third-order valence-electron chi connectivity index (χ3n) is 4.53. The van der Waals surface area contributed by atoms with Gasteiger partial charge in [-0.2, -0.15) is 5.10 Å². The number of carbonyl (C=O) groups is 1. The number of benzene rings is 1. The molecule has 0 bridgehead atoms. The Morgan fingerprint density at radius 3 is 2.84 bits per heavy atom. The van der Waals surface area contributed by atoms with Crippen molar-refractivity contribution in [3.05, 3.63) is 35.1 Å². The summed E-state index contributed by atoms with van der Waals surface area (Å²) in [7, 11) is 1.94. The second-order valence-electron chi connectivity index (χ2n) is 6.34. The molecule has 2 aromatic rings. The van der Waals surface area contributed by atoms with Crippen LogP contribution in [0, 0.1) is 10.7 Å². The van der Waals surface area contributed by atoms with Crippen molar-refractivity contribution >= 4 is 18.2 Å². The molecule has 1 aliphatic heterocycles. The minimum atomic E-state index is -0.0956. The summed E-state index contributed by atoms with van der Waals surface area (Å²) in [5.41, 5.74) is 1.04. The van der Waals surface area contributed by atoms with Crippen LogP contribution in [0.15, 0.2) is 30.3 Å². The minimum Gasteiger partial charge on any atom is -0.466 e. The van der Waals surface area contributed by atoms with Crippen LogP contribution in [0.4, 0.5) is 0 Å². The van der Waals surface area contributed by atoms with Gasteiger partial charge >= 0.3 is 5.97 Å². The highest BCUT2D eigenvalue weighted by Gasteiger charge is 2.27. The fraction of sp³-hybridized carbons (Fsp3) is 0.500. The third-order valence-corrected chi connectivity index (χ3v) is 5.02. The molecule has 0 saturated carbocycles. The number of esters is 1. The van der Waals surface area contributed by atoms with E-state index in [-0.39, 0.29) is 11.9 Å². The maximum Gasteiger partial charge on any atom is 0.310 e. The lowest BCUT2D eigenvalue weighted by molar-refractivity contribution is -0.150. The van der Waals surface area contributed by atoms with Crippen molar-refractivity contribution in [3.63, 3.8) is 0 Å². The fourth-order valence-corrected chi connectivity index (χ4v) is 3.43. The Hall–Kier alpha value is -1.99. The first-order chi connectivity index (χ1) is 12.1. The number of hydrogen-bond acceptors (Lipinski definition) is 5. The molecule has 1 unspecified atom stereocenters. The predicted molar refractivity (Wildman–Crippen MR) is 98.4 cm³/mol. The number of carbonyl (C=O) groups excluding carboxylic acids is 1. The Bertz CT molecular complexity index is 784. The molecule has 0 N–H and O–H groups in total. The molecule has 2 heterocycles. The van der Waals surface area contributed by atoms with Gasteiger partial charge in [0, 0.05) is 19.2 Å². The normalized spacial score (nSPS) is 18.2. The van der Waals surface area contributed by atoms with Gasteiger partial charge in [-0.1, -0.05) is 30.3 Å². The Morgan fingerprint density at radius 1 is 1.36 bits per heavy atom. The van der Waals surface area contributed by atoms with E-state index in [0.29, 0.717) is 24.6 Å². The van der Waals surface area contributed by atoms with Crippen LogP contribution in [0.2, 0.25) is 0 Å². The monoisotopic (exact) mass is 360 g/mol. The summed E-state index contributed by atoms with van der Waals surface area (Å²) in [6, 6.07) is 10.0. The van der Waals surface area contributed by atoms with Crippen LogP contribution >= 0.6 is 12.2 Å². The highest BCUT2D eigenvalue weighted by molar-refractivity contribution is 7.71. The van der Waals surface area contributed by atoms with Crippen LogP contribution < -0.4 is 0 Å². The summed E-state index contributed by atoms with van der Waals surface area (Å²) in [5, 5.41) is 4.70. The van der Waals surface area contributed by atoms with Crippen molar-refractivity contribution in [2.45, 2.75) is 26.4 Å². The van der Waals surface area contributed by atoms with Gasteiger partial charge in [0.1, 0.15) is 0 Å². The van der Waals surface area contributed by atoms with E-state index in [9.17, 15) is 4.79 Å². The van der Waals surface area contributed by atoms with Gasteiger partial charge < -0.3 is 9.30 Å². The minimum absolute atomic E-state index is 0.0554. The van der Waals surface area contributed by atoms with Gasteiger partial charge in [-0.3, -0.25) is 9.69 Å². The predicted octanol–water partition coefficient (Wildman–Crippen LogP) is 2.85. The van der Waals surface area contributed by atoms with Gasteiger partial charge in [-0.25, -0.2) is 4.68 Å². The second-order valence-corrected chi connectivity index (χ2v) is 6.71. The Kier molecular flexibility index (Phi) is 5.65. The molecule has 1 aromatic carbocycles. The molecule has 6 nitrogen and oxygen atoms in total. The molecule has 0 spiro atoms. The van der Waals surface area contributed by atoms with Crippen LogP contribution in [0.25, 0.3) is 11.4 Å². The van der Waals surface area contributed by atoms with E-state index in [1.807, 2.05) is 53.6 Å². The van der Waals surface area contributed by atoms with E-state index in [0.717, 1.165) is 30.8 Å². The molecule has 134 valence electrons. The lowest BCUT2D eigenvalue weighted by atomic mass is 9.99. The van der Waals surface area contributed by atoms with Gasteiger partial charge in [-0.05, 0) is 38.5 Å². The van der Waals surface area contributed by atoms with Gasteiger partial charge in [-0.15, -0.1) is 0 Å². The zero-order chi connectivity index (χ0) is 17.8. The number of hydrogen-bond donors (Lipinski definition) is 0. The maximum atomic E-state index is 12.0. The Balaban J connectivity index is 1.75. The second kappa shape index (κ2) is 7.93. The summed E-state index contributed by atoms with van der Waals surface area (Å²) in [6.45, 7) is 4.50. The lowest BCUT2D eigenvalue weighted by Gasteiger charge is -2.31. The van der Waals surface area contributed by atoms with Crippen molar-refractivity contribution in [2.75, 3.05) is 19.7 Å². The maximum absolute atomic E-state index is 12.0. The SMILES string of the molecule is CCOC(=O)C1CCCN(Cn2nc(-c3ccccc3)n(C)c2=S)C1. The topological polar surface area (TPSA) is 52.3 Å². The van der Waals surface area contributed by atoms with Crippen molar-refractivity contribution in [2.24, 2.45) is 13.0 Å². The summed E-state index contributed by atoms with van der Waals surface area (Å²) in [5.74, 6) is 0.700. The molecule has 1 saturated heterocycles. The highest BCUT2D eigenvalue weighted by atomic mass is 32.1. The molecule has 0 aliphatic carbocycles. The molecule has 0 radical (unpaired) electrons. The molecule has 1 aliphatic rings. The number of piperidine rings is 1. The standard InChI is InChI=1S/C18H24N4O2S/c1-3-24-17(23)15-10-7-11-21(12-15)13-22-18(25)20(2)16(19-22)14-8-5-4-6-9-14/h4-6,8-9,15H,3,7,10-13H2,1-2H3. The van der Waals surface area contributed by atoms with Crippen molar-refractivity contribution in [1.29, 1.82) is 0 Å². The van der Waals surface area contributed by atoms with E-state index in [2.05, 4.69) is 4.90 Å². The Morgan fingerprint density at radius 2 is 2.12 bits per heavy atom. The number of rotatable bonds is 5. The first-order valence-electron chi connectivity index (χ1n) is 8.68. The first-order valence-corrected chi connectivity index (χ1v) is 9.09. The Labute approximate surface area is 153 Å². The zero-order valence-electron chi connectivity index (χ0n) is 14.7. The fourth-order valence-electron chi connectivity index (χ4n) is 3.24. The third kappa shape index (κ3) is 3.99. The van der Waals surface area contributed by atoms with Crippen LogP contribution in [0.5, 0.6) is 0 Å². The van der Waals surface area contributed by atoms with Crippen molar-refractivity contribution in [3.8, 4) is 11.4 Å². The van der Waals surface area contributed by atoms with E-state index in [4.69, 9.17) is 22.1 Å². The summed E-state index contributed by atoms with van der Waals surface area (Å²) < 4.78 is 9.62. The summed E-state index contributed by atoms with van der Waals surface area (Å²) in [4.78, 5) is 14.2. The number of likely N-dealkylation sites (tertiary alicyclic amines) is 1. The quantitative estimate of drug-likeness (QED) is 0.606. The molecule has 7 heteroatoms. The zero-order valence-corrected chi connectivity index (χ0v) is 15.5. The molecule has 25 heavy (non-hydrogen) atoms. The molecule has 1 fully saturated rings. The average molecular weight is 360 g/mol. The van der Waals surface area contributed by atoms with E-state index >= 15 is 0 Å². The first kappa shape index (κ1) is 17.8. The summed E-state index contributed by atoms with van der Waals surface area (Å²) in [6.07, 6.45) is 1.87. The molecule has 1 aromatic heterocycles. The smallest absolute Gasteiger partial charge is 0.310 e. The summed E-state index contributed by atoms with van der Waals surface area (Å²) >= 11 is 5.55. The van der Waals surface area contributed by atoms with Crippen LogP contribution in [0.3, 0.4) is 0 Å². The van der Waals surface area contributed by atoms with Crippen molar-refractivity contribution < 1.29 is 9.53 Å². The van der Waals surface area contributed by atoms with Crippen LogP contribution in [-0.2, 0) is 23.2 Å². The molecule has 1 atom stereocenters. The van der Waals surface area contributed by atoms with Gasteiger partial charge in [0.25, 0.3) is 0 Å². The lowest BCUT2D eigenvalue weighted by Crippen LogP contribution is -2.40. The molecular weight excluding hydrogens is 336 g/mol. The molecule has 3 rings (SSSR count). The van der Waals surface area contributed by atoms with Gasteiger partial charge in [0.15, 0.2) is 10.6 Å². The van der Waals surface area contributed by atoms with Crippen LogP contribution in [0.1, 0.15) is 19.8 Å². The van der Waals surface area contributed by atoms with E-state index < -0.39 is 0 Å². The van der Waals surface area contributed by atoms with E-state index in [1.165, 1.54) is 0 Å². The highest BCUT2D eigenvalue weighted by Crippen LogP contribution is 2.20. The van der Waals surface area contributed by atoms with E-state index in [1.54, 1.807) is 0 Å². The van der Waals surface area contributed by atoms with Crippen LogP contribution in [-0.4, -0.2) is 44.9 Å². The largest absolute Gasteiger partial charge is 0.466 e. The van der Waals surface area contributed by atoms with Gasteiger partial charge in [0.2, 0.25) is 0 Å². The number of aromatic nitrogens is 3. The molecular formula is C18H24N4O2S. The number of ether oxygens (including phenoxy) is 1. The van der Waals surface area contributed by atoms with Gasteiger partial charge in [0.05, 0.1) is 19.2 Å². The average Bonchev–Trinajstić information content (AvgIpc) is 2.91. The molecule has 0 amide bonds.